The highest BCUT2D eigenvalue weighted by atomic mass is 32.2. The molecule has 1 aliphatic heterocycles. The number of aryl methyl sites for hydroxylation is 1. The number of nitrogen functional groups attached to an aromatic ring is 1. The molecule has 0 amide bonds. The molecular weight excluding hydrogens is 276 g/mol. The molecule has 20 heavy (non-hydrogen) atoms. The molecule has 112 valence electrons. The van der Waals surface area contributed by atoms with E-state index in [0.717, 1.165) is 0 Å². The molecule has 0 radical (unpaired) electrons. The van der Waals surface area contributed by atoms with Crippen LogP contribution >= 0.6 is 0 Å². The molecule has 1 aromatic rings. The van der Waals surface area contributed by atoms with Gasteiger partial charge in [0.1, 0.15) is 0 Å². The SMILES string of the molecule is Cc1ccc(N)c(C)c1S(=O)(=O)N1CCC(O)C(C)C1. The van der Waals surface area contributed by atoms with Gasteiger partial charge in [-0.2, -0.15) is 4.31 Å². The average Bonchev–Trinajstić information content (AvgIpc) is 2.37. The highest BCUT2D eigenvalue weighted by Crippen LogP contribution is 2.30. The standard InChI is InChI=1S/C14H22N2O3S/c1-9-4-5-12(15)11(3)14(9)20(18,19)16-7-6-13(17)10(2)8-16/h4-5,10,13,17H,6-8,15H2,1-3H3. The van der Waals surface area contributed by atoms with Crippen LogP contribution in [-0.2, 0) is 10.0 Å². The Morgan fingerprint density at radius 1 is 1.35 bits per heavy atom. The van der Waals surface area contributed by atoms with Crippen molar-refractivity contribution >= 4 is 15.7 Å². The van der Waals surface area contributed by atoms with Crippen molar-refractivity contribution in [1.29, 1.82) is 0 Å². The van der Waals surface area contributed by atoms with E-state index in [4.69, 9.17) is 5.73 Å². The first-order valence-corrected chi connectivity index (χ1v) is 8.23. The lowest BCUT2D eigenvalue weighted by Gasteiger charge is -2.34. The third-order valence-electron chi connectivity index (χ3n) is 4.07. The van der Waals surface area contributed by atoms with E-state index in [-0.39, 0.29) is 5.92 Å². The lowest BCUT2D eigenvalue weighted by molar-refractivity contribution is 0.0628. The van der Waals surface area contributed by atoms with Crippen LogP contribution < -0.4 is 5.73 Å². The second-order valence-corrected chi connectivity index (χ2v) is 7.50. The zero-order valence-corrected chi connectivity index (χ0v) is 12.9. The molecule has 2 unspecified atom stereocenters. The van der Waals surface area contributed by atoms with E-state index in [9.17, 15) is 13.5 Å². The first kappa shape index (κ1) is 15.3. The molecule has 6 heteroatoms. The summed E-state index contributed by atoms with van der Waals surface area (Å²) in [5.41, 5.74) is 7.63. The summed E-state index contributed by atoms with van der Waals surface area (Å²) in [7, 11) is -3.56. The maximum absolute atomic E-state index is 12.8. The van der Waals surface area contributed by atoms with Gasteiger partial charge in [-0.05, 0) is 43.4 Å². The van der Waals surface area contributed by atoms with Crippen molar-refractivity contribution in [3.63, 3.8) is 0 Å². The zero-order chi connectivity index (χ0) is 15.1. The summed E-state index contributed by atoms with van der Waals surface area (Å²) in [5.74, 6) is -0.0554. The van der Waals surface area contributed by atoms with Crippen molar-refractivity contribution in [2.24, 2.45) is 5.92 Å². The molecule has 3 N–H and O–H groups in total. The maximum atomic E-state index is 12.8. The fourth-order valence-electron chi connectivity index (χ4n) is 2.68. The molecule has 2 atom stereocenters. The van der Waals surface area contributed by atoms with Crippen LogP contribution in [0, 0.1) is 19.8 Å². The number of aliphatic hydroxyl groups is 1. The van der Waals surface area contributed by atoms with Gasteiger partial charge >= 0.3 is 0 Å². The van der Waals surface area contributed by atoms with Crippen LogP contribution in [0.5, 0.6) is 0 Å². The van der Waals surface area contributed by atoms with E-state index in [1.54, 1.807) is 26.0 Å². The fraction of sp³-hybridized carbons (Fsp3) is 0.571. The van der Waals surface area contributed by atoms with Crippen molar-refractivity contribution in [3.05, 3.63) is 23.3 Å². The summed E-state index contributed by atoms with van der Waals surface area (Å²) < 4.78 is 27.1. The van der Waals surface area contributed by atoms with Crippen molar-refractivity contribution in [2.75, 3.05) is 18.8 Å². The van der Waals surface area contributed by atoms with Crippen LogP contribution in [-0.4, -0.2) is 37.0 Å². The number of sulfonamides is 1. The molecule has 1 aliphatic rings. The Labute approximate surface area is 120 Å². The molecule has 1 fully saturated rings. The largest absolute Gasteiger partial charge is 0.398 e. The molecule has 0 aliphatic carbocycles. The topological polar surface area (TPSA) is 83.6 Å². The van der Waals surface area contributed by atoms with Crippen LogP contribution in [0.3, 0.4) is 0 Å². The number of anilines is 1. The number of hydrogen-bond donors (Lipinski definition) is 2. The van der Waals surface area contributed by atoms with Gasteiger partial charge in [0.2, 0.25) is 10.0 Å². The van der Waals surface area contributed by atoms with Gasteiger partial charge in [-0.25, -0.2) is 8.42 Å². The molecule has 0 saturated carbocycles. The summed E-state index contributed by atoms with van der Waals surface area (Å²) in [4.78, 5) is 0.307. The number of nitrogens with two attached hydrogens (primary N) is 1. The van der Waals surface area contributed by atoms with Crippen molar-refractivity contribution in [1.82, 2.24) is 4.31 Å². The van der Waals surface area contributed by atoms with E-state index < -0.39 is 16.1 Å². The predicted octanol–water partition coefficient (Wildman–Crippen LogP) is 1.28. The van der Waals surface area contributed by atoms with Crippen LogP contribution in [0.15, 0.2) is 17.0 Å². The molecule has 5 nitrogen and oxygen atoms in total. The van der Waals surface area contributed by atoms with E-state index in [0.29, 0.717) is 41.2 Å². The second kappa shape index (κ2) is 5.35. The van der Waals surface area contributed by atoms with Gasteiger partial charge in [-0.1, -0.05) is 13.0 Å². The molecule has 0 spiro atoms. The van der Waals surface area contributed by atoms with Crippen molar-refractivity contribution in [2.45, 2.75) is 38.2 Å². The Morgan fingerprint density at radius 3 is 2.60 bits per heavy atom. The van der Waals surface area contributed by atoms with Gasteiger partial charge in [-0.15, -0.1) is 0 Å². The average molecular weight is 298 g/mol. The molecular formula is C14H22N2O3S. The Hall–Kier alpha value is -1.11. The summed E-state index contributed by atoms with van der Waals surface area (Å²) in [6.45, 7) is 6.07. The van der Waals surface area contributed by atoms with Gasteiger partial charge in [0.05, 0.1) is 11.0 Å². The van der Waals surface area contributed by atoms with Gasteiger partial charge in [0.15, 0.2) is 0 Å². The summed E-state index contributed by atoms with van der Waals surface area (Å²) in [6, 6.07) is 3.46. The Morgan fingerprint density at radius 2 is 2.00 bits per heavy atom. The third-order valence-corrected chi connectivity index (χ3v) is 6.22. The monoisotopic (exact) mass is 298 g/mol. The van der Waals surface area contributed by atoms with Crippen LogP contribution in [0.4, 0.5) is 5.69 Å². The Bertz CT molecular complexity index is 613. The van der Waals surface area contributed by atoms with Crippen LogP contribution in [0.2, 0.25) is 0 Å². The van der Waals surface area contributed by atoms with Crippen LogP contribution in [0.1, 0.15) is 24.5 Å². The lowest BCUT2D eigenvalue weighted by Crippen LogP contribution is -2.45. The first-order chi connectivity index (χ1) is 9.25. The van der Waals surface area contributed by atoms with E-state index in [2.05, 4.69) is 0 Å². The first-order valence-electron chi connectivity index (χ1n) is 6.79. The van der Waals surface area contributed by atoms with E-state index >= 15 is 0 Å². The highest BCUT2D eigenvalue weighted by molar-refractivity contribution is 7.89. The van der Waals surface area contributed by atoms with Crippen LogP contribution in [0.25, 0.3) is 0 Å². The molecule has 1 saturated heterocycles. The minimum atomic E-state index is -3.56. The Kier molecular flexibility index (Phi) is 4.09. The summed E-state index contributed by atoms with van der Waals surface area (Å²) in [6.07, 6.45) is 0.0466. The van der Waals surface area contributed by atoms with Crippen molar-refractivity contribution < 1.29 is 13.5 Å². The predicted molar refractivity (Wildman–Crippen MR) is 78.9 cm³/mol. The third kappa shape index (κ3) is 2.55. The van der Waals surface area contributed by atoms with Crippen molar-refractivity contribution in [3.8, 4) is 0 Å². The summed E-state index contributed by atoms with van der Waals surface area (Å²) in [5, 5.41) is 9.74. The quantitative estimate of drug-likeness (QED) is 0.806. The smallest absolute Gasteiger partial charge is 0.243 e. The van der Waals surface area contributed by atoms with Gasteiger partial charge < -0.3 is 10.8 Å². The van der Waals surface area contributed by atoms with Gasteiger partial charge in [-0.3, -0.25) is 0 Å². The van der Waals surface area contributed by atoms with E-state index in [1.807, 2.05) is 6.92 Å². The number of nitrogens with zero attached hydrogens (tertiary/aromatic N) is 1. The molecule has 1 aromatic carbocycles. The Balaban J connectivity index is 2.44. The number of aliphatic hydroxyl groups excluding tert-OH is 1. The second-order valence-electron chi connectivity index (χ2n) is 5.62. The maximum Gasteiger partial charge on any atom is 0.243 e. The lowest BCUT2D eigenvalue weighted by atomic mass is 9.99. The highest BCUT2D eigenvalue weighted by Gasteiger charge is 2.34. The summed E-state index contributed by atoms with van der Waals surface area (Å²) >= 11 is 0. The molecule has 1 heterocycles. The fourth-order valence-corrected chi connectivity index (χ4v) is 4.70. The van der Waals surface area contributed by atoms with E-state index in [1.165, 1.54) is 4.31 Å². The molecule has 0 bridgehead atoms. The number of piperidine rings is 1. The number of hydrogen-bond acceptors (Lipinski definition) is 4. The van der Waals surface area contributed by atoms with Gasteiger partial charge in [0.25, 0.3) is 0 Å². The zero-order valence-electron chi connectivity index (χ0n) is 12.1. The minimum Gasteiger partial charge on any atom is -0.398 e. The molecule has 0 aromatic heterocycles. The number of benzene rings is 1. The normalized spacial score (nSPS) is 24.8. The number of rotatable bonds is 2. The molecule has 2 rings (SSSR count). The minimum absolute atomic E-state index is 0.0554. The van der Waals surface area contributed by atoms with Gasteiger partial charge in [0, 0.05) is 18.8 Å².